The van der Waals surface area contributed by atoms with E-state index < -0.39 is 0 Å². The Hall–Kier alpha value is -3.38. The molecule has 0 aromatic heterocycles. The molecule has 3 rings (SSSR count). The summed E-state index contributed by atoms with van der Waals surface area (Å²) in [4.78, 5) is 26.4. The number of anilines is 1. The topological polar surface area (TPSA) is 70.7 Å². The van der Waals surface area contributed by atoms with Crippen LogP contribution in [-0.2, 0) is 9.59 Å². The minimum atomic E-state index is -0.194. The van der Waals surface area contributed by atoms with Crippen LogP contribution in [0.4, 0.5) is 5.69 Å². The predicted octanol–water partition coefficient (Wildman–Crippen LogP) is 3.60. The highest BCUT2D eigenvalue weighted by Gasteiger charge is 2.15. The number of nitrogens with one attached hydrogen (secondary N) is 2. The van der Waals surface area contributed by atoms with E-state index in [2.05, 4.69) is 28.8 Å². The van der Waals surface area contributed by atoms with Crippen molar-refractivity contribution in [2.24, 2.45) is 0 Å². The predicted molar refractivity (Wildman–Crippen MR) is 120 cm³/mol. The number of fused-ring (bicyclic) bond motifs is 1. The Morgan fingerprint density at radius 1 is 0.967 bits per heavy atom. The Labute approximate surface area is 176 Å². The fourth-order valence-corrected chi connectivity index (χ4v) is 3.44. The van der Waals surface area contributed by atoms with Crippen LogP contribution in [0.3, 0.4) is 0 Å². The lowest BCUT2D eigenvalue weighted by molar-refractivity contribution is -0.123. The van der Waals surface area contributed by atoms with Crippen LogP contribution in [0.5, 0.6) is 5.75 Å². The molecule has 0 aliphatic heterocycles. The highest BCUT2D eigenvalue weighted by Crippen LogP contribution is 2.24. The first-order valence-electron chi connectivity index (χ1n) is 9.85. The van der Waals surface area contributed by atoms with Crippen molar-refractivity contribution in [3.8, 4) is 5.75 Å². The van der Waals surface area contributed by atoms with Gasteiger partial charge in [0.2, 0.25) is 11.8 Å². The Morgan fingerprint density at radius 2 is 1.67 bits per heavy atom. The minimum Gasteiger partial charge on any atom is -0.497 e. The molecule has 3 aromatic carbocycles. The van der Waals surface area contributed by atoms with Crippen molar-refractivity contribution in [3.63, 3.8) is 0 Å². The number of ether oxygens (including phenoxy) is 1. The van der Waals surface area contributed by atoms with Crippen LogP contribution in [0.25, 0.3) is 10.8 Å². The van der Waals surface area contributed by atoms with Gasteiger partial charge in [0.1, 0.15) is 5.75 Å². The highest BCUT2D eigenvalue weighted by atomic mass is 16.5. The van der Waals surface area contributed by atoms with Crippen molar-refractivity contribution < 1.29 is 14.3 Å². The number of carbonyl (C=O) groups excluding carboxylic acids is 2. The van der Waals surface area contributed by atoms with Gasteiger partial charge in [0.05, 0.1) is 26.2 Å². The van der Waals surface area contributed by atoms with Crippen molar-refractivity contribution in [1.29, 1.82) is 0 Å². The number of hydrogen-bond donors (Lipinski definition) is 2. The second-order valence-corrected chi connectivity index (χ2v) is 7.31. The number of carbonyl (C=O) groups is 2. The van der Waals surface area contributed by atoms with Gasteiger partial charge in [-0.25, -0.2) is 0 Å². The van der Waals surface area contributed by atoms with E-state index in [0.29, 0.717) is 11.4 Å². The van der Waals surface area contributed by atoms with Gasteiger partial charge in [-0.1, -0.05) is 48.5 Å². The third-order valence-corrected chi connectivity index (χ3v) is 4.85. The number of hydrogen-bond acceptors (Lipinski definition) is 4. The van der Waals surface area contributed by atoms with Gasteiger partial charge in [0.25, 0.3) is 0 Å². The molecule has 2 N–H and O–H groups in total. The van der Waals surface area contributed by atoms with Crippen molar-refractivity contribution in [2.75, 3.05) is 32.6 Å². The molecule has 1 atom stereocenters. The zero-order valence-corrected chi connectivity index (χ0v) is 17.5. The first-order valence-corrected chi connectivity index (χ1v) is 9.85. The molecule has 2 amide bonds. The summed E-state index contributed by atoms with van der Waals surface area (Å²) in [5.74, 6) is 0.343. The van der Waals surface area contributed by atoms with E-state index in [4.69, 9.17) is 4.74 Å². The van der Waals surface area contributed by atoms with Crippen molar-refractivity contribution in [1.82, 2.24) is 10.2 Å². The molecule has 0 aliphatic rings. The summed E-state index contributed by atoms with van der Waals surface area (Å²) in [6, 6.07) is 21.2. The Kier molecular flexibility index (Phi) is 7.03. The molecule has 0 fully saturated rings. The normalized spacial score (nSPS) is 11.9. The lowest BCUT2D eigenvalue weighted by Crippen LogP contribution is -2.39. The molecule has 0 unspecified atom stereocenters. The van der Waals surface area contributed by atoms with Gasteiger partial charge < -0.3 is 15.4 Å². The number of methoxy groups -OCH3 is 1. The average molecular weight is 405 g/mol. The van der Waals surface area contributed by atoms with E-state index in [1.807, 2.05) is 37.3 Å². The molecule has 30 heavy (non-hydrogen) atoms. The van der Waals surface area contributed by atoms with E-state index in [1.54, 1.807) is 37.3 Å². The number of rotatable bonds is 8. The molecule has 0 saturated carbocycles. The Balaban J connectivity index is 1.53. The van der Waals surface area contributed by atoms with E-state index in [1.165, 1.54) is 0 Å². The first-order chi connectivity index (χ1) is 14.5. The van der Waals surface area contributed by atoms with E-state index in [9.17, 15) is 9.59 Å². The molecule has 0 spiro atoms. The van der Waals surface area contributed by atoms with E-state index in [0.717, 1.165) is 16.3 Å². The van der Waals surface area contributed by atoms with E-state index >= 15 is 0 Å². The third kappa shape index (κ3) is 5.58. The van der Waals surface area contributed by atoms with Crippen LogP contribution in [0, 0.1) is 0 Å². The zero-order chi connectivity index (χ0) is 21.5. The lowest BCUT2D eigenvalue weighted by Gasteiger charge is -2.20. The number of nitrogens with zero attached hydrogens (tertiary/aromatic N) is 1. The summed E-state index contributed by atoms with van der Waals surface area (Å²) in [5.41, 5.74) is 1.72. The van der Waals surface area contributed by atoms with Gasteiger partial charge in [0, 0.05) is 11.8 Å². The number of benzene rings is 3. The maximum absolute atomic E-state index is 12.5. The quantitative estimate of drug-likeness (QED) is 0.601. The number of likely N-dealkylation sites (N-methyl/N-ethyl adjacent to an activating group) is 1. The molecule has 0 saturated heterocycles. The molecule has 0 heterocycles. The zero-order valence-electron chi connectivity index (χ0n) is 17.5. The SMILES string of the molecule is COc1cccc(NC(=O)CN(C)CC(=O)N[C@@H](C)c2cccc3ccccc23)c1. The van der Waals surface area contributed by atoms with E-state index in [-0.39, 0.29) is 30.9 Å². The molecule has 0 radical (unpaired) electrons. The Bertz CT molecular complexity index is 1030. The van der Waals surface area contributed by atoms with Crippen LogP contribution in [0.2, 0.25) is 0 Å². The van der Waals surface area contributed by atoms with Crippen molar-refractivity contribution >= 4 is 28.3 Å². The second-order valence-electron chi connectivity index (χ2n) is 7.31. The molecular weight excluding hydrogens is 378 g/mol. The Morgan fingerprint density at radius 3 is 2.47 bits per heavy atom. The van der Waals surface area contributed by atoms with Gasteiger partial charge in [-0.15, -0.1) is 0 Å². The third-order valence-electron chi connectivity index (χ3n) is 4.85. The van der Waals surface area contributed by atoms with Crippen molar-refractivity contribution in [3.05, 3.63) is 72.3 Å². The summed E-state index contributed by atoms with van der Waals surface area (Å²) in [6.07, 6.45) is 0. The smallest absolute Gasteiger partial charge is 0.238 e. The first kappa shape index (κ1) is 21.3. The summed E-state index contributed by atoms with van der Waals surface area (Å²) >= 11 is 0. The molecule has 0 bridgehead atoms. The minimum absolute atomic E-state index is 0.104. The molecule has 6 heteroatoms. The van der Waals surface area contributed by atoms with Crippen LogP contribution in [-0.4, -0.2) is 44.0 Å². The van der Waals surface area contributed by atoms with Gasteiger partial charge in [0.15, 0.2) is 0 Å². The fourth-order valence-electron chi connectivity index (χ4n) is 3.44. The summed E-state index contributed by atoms with van der Waals surface area (Å²) in [5, 5.41) is 8.11. The molecule has 6 nitrogen and oxygen atoms in total. The maximum Gasteiger partial charge on any atom is 0.238 e. The van der Waals surface area contributed by atoms with Crippen LogP contribution >= 0.6 is 0 Å². The van der Waals surface area contributed by atoms with Gasteiger partial charge in [-0.3, -0.25) is 14.5 Å². The summed E-state index contributed by atoms with van der Waals surface area (Å²) < 4.78 is 5.16. The van der Waals surface area contributed by atoms with Crippen LogP contribution in [0.1, 0.15) is 18.5 Å². The van der Waals surface area contributed by atoms with Crippen LogP contribution < -0.4 is 15.4 Å². The summed E-state index contributed by atoms with van der Waals surface area (Å²) in [6.45, 7) is 2.20. The van der Waals surface area contributed by atoms with Gasteiger partial charge >= 0.3 is 0 Å². The monoisotopic (exact) mass is 405 g/mol. The molecule has 3 aromatic rings. The summed E-state index contributed by atoms with van der Waals surface area (Å²) in [7, 11) is 3.32. The maximum atomic E-state index is 12.5. The van der Waals surface area contributed by atoms with Crippen molar-refractivity contribution in [2.45, 2.75) is 13.0 Å². The molecular formula is C24H27N3O3. The fraction of sp³-hybridized carbons (Fsp3) is 0.250. The molecule has 156 valence electrons. The standard InChI is InChI=1S/C24H27N3O3/c1-17(21-13-6-9-18-8-4-5-12-22(18)21)25-23(28)15-27(2)16-24(29)26-19-10-7-11-20(14-19)30-3/h4-14,17H,15-16H2,1-3H3,(H,25,28)(H,26,29)/t17-/m0/s1. The second kappa shape index (κ2) is 9.89. The largest absolute Gasteiger partial charge is 0.497 e. The van der Waals surface area contributed by atoms with Crippen LogP contribution in [0.15, 0.2) is 66.7 Å². The molecule has 0 aliphatic carbocycles. The highest BCUT2D eigenvalue weighted by molar-refractivity contribution is 5.93. The average Bonchev–Trinajstić information content (AvgIpc) is 2.73. The van der Waals surface area contributed by atoms with Gasteiger partial charge in [-0.2, -0.15) is 0 Å². The van der Waals surface area contributed by atoms with Gasteiger partial charge in [-0.05, 0) is 42.4 Å². The lowest BCUT2D eigenvalue weighted by atomic mass is 10.00. The number of amides is 2.